The van der Waals surface area contributed by atoms with Gasteiger partial charge in [-0.1, -0.05) is 67.6 Å². The van der Waals surface area contributed by atoms with E-state index in [1.54, 1.807) is 0 Å². The summed E-state index contributed by atoms with van der Waals surface area (Å²) >= 11 is 0. The maximum atomic E-state index is 12.8. The fourth-order valence-electron chi connectivity index (χ4n) is 3.83. The first-order chi connectivity index (χ1) is 10.8. The Morgan fingerprint density at radius 1 is 1.00 bits per heavy atom. The lowest BCUT2D eigenvalue weighted by Gasteiger charge is -2.42. The van der Waals surface area contributed by atoms with Crippen LogP contribution in [0.4, 0.5) is 0 Å². The Bertz CT molecular complexity index is 583. The average molecular weight is 293 g/mol. The summed E-state index contributed by atoms with van der Waals surface area (Å²) in [4.78, 5) is 12.8. The van der Waals surface area contributed by atoms with E-state index in [1.807, 2.05) is 12.1 Å². The lowest BCUT2D eigenvalue weighted by Crippen LogP contribution is -2.49. The molecule has 0 radical (unpaired) electrons. The van der Waals surface area contributed by atoms with E-state index >= 15 is 0 Å². The van der Waals surface area contributed by atoms with Crippen molar-refractivity contribution in [3.8, 4) is 0 Å². The summed E-state index contributed by atoms with van der Waals surface area (Å²) in [6.45, 7) is 2.95. The Labute approximate surface area is 132 Å². The Morgan fingerprint density at radius 3 is 2.00 bits per heavy atom. The topological polar surface area (TPSA) is 29.1 Å². The highest BCUT2D eigenvalue weighted by atomic mass is 16.2. The van der Waals surface area contributed by atoms with E-state index in [2.05, 4.69) is 60.8 Å². The highest BCUT2D eigenvalue weighted by molar-refractivity contribution is 5.85. The highest BCUT2D eigenvalue weighted by Gasteiger charge is 2.46. The van der Waals surface area contributed by atoms with Crippen molar-refractivity contribution in [1.82, 2.24) is 5.32 Å². The van der Waals surface area contributed by atoms with E-state index in [1.165, 1.54) is 11.1 Å². The first kappa shape index (κ1) is 14.8. The molecule has 1 atom stereocenters. The van der Waals surface area contributed by atoms with Crippen LogP contribution in [0.5, 0.6) is 0 Å². The molecule has 2 aromatic carbocycles. The Morgan fingerprint density at radius 2 is 1.55 bits per heavy atom. The van der Waals surface area contributed by atoms with Gasteiger partial charge in [0.25, 0.3) is 0 Å². The largest absolute Gasteiger partial charge is 0.356 e. The minimum Gasteiger partial charge on any atom is -0.356 e. The van der Waals surface area contributed by atoms with Gasteiger partial charge in [-0.3, -0.25) is 4.79 Å². The standard InChI is InChI=1S/C20H23NO/c1-2-20(14-9-15-21-19(20)22)18(16-10-5-3-6-11-16)17-12-7-4-8-13-17/h3-8,10-13,18H,2,9,14-15H2,1H3,(H,21,22). The molecule has 2 aromatic rings. The second-order valence-electron chi connectivity index (χ2n) is 6.12. The summed E-state index contributed by atoms with van der Waals surface area (Å²) in [5.74, 6) is 0.319. The van der Waals surface area contributed by atoms with Crippen molar-refractivity contribution in [2.45, 2.75) is 32.1 Å². The van der Waals surface area contributed by atoms with Gasteiger partial charge < -0.3 is 5.32 Å². The summed E-state index contributed by atoms with van der Waals surface area (Å²) in [5, 5.41) is 3.10. The van der Waals surface area contributed by atoms with E-state index < -0.39 is 0 Å². The van der Waals surface area contributed by atoms with Gasteiger partial charge >= 0.3 is 0 Å². The maximum Gasteiger partial charge on any atom is 0.227 e. The molecule has 114 valence electrons. The van der Waals surface area contributed by atoms with Crippen molar-refractivity contribution < 1.29 is 4.79 Å². The zero-order chi connectivity index (χ0) is 15.4. The smallest absolute Gasteiger partial charge is 0.227 e. The zero-order valence-corrected chi connectivity index (χ0v) is 13.1. The Hall–Kier alpha value is -2.09. The van der Waals surface area contributed by atoms with Crippen LogP contribution in [0.3, 0.4) is 0 Å². The third kappa shape index (κ3) is 2.54. The number of benzene rings is 2. The van der Waals surface area contributed by atoms with E-state index in [9.17, 15) is 4.79 Å². The molecular weight excluding hydrogens is 270 g/mol. The van der Waals surface area contributed by atoms with Gasteiger partial charge in [-0.15, -0.1) is 0 Å². The summed E-state index contributed by atoms with van der Waals surface area (Å²) < 4.78 is 0. The van der Waals surface area contributed by atoms with Gasteiger partial charge in [-0.25, -0.2) is 0 Å². The molecule has 1 amide bonds. The molecule has 0 aromatic heterocycles. The summed E-state index contributed by atoms with van der Waals surface area (Å²) in [6, 6.07) is 20.9. The second kappa shape index (κ2) is 6.35. The van der Waals surface area contributed by atoms with Crippen molar-refractivity contribution in [2.24, 2.45) is 5.41 Å². The molecule has 22 heavy (non-hydrogen) atoms. The fraction of sp³-hybridized carbons (Fsp3) is 0.350. The molecule has 2 nitrogen and oxygen atoms in total. The van der Waals surface area contributed by atoms with Crippen molar-refractivity contribution in [1.29, 1.82) is 0 Å². The molecule has 3 rings (SSSR count). The SMILES string of the molecule is CCC1(C(c2ccccc2)c2ccccc2)CCCNC1=O. The van der Waals surface area contributed by atoms with Crippen molar-refractivity contribution in [3.63, 3.8) is 0 Å². The number of piperidine rings is 1. The first-order valence-electron chi connectivity index (χ1n) is 8.16. The number of rotatable bonds is 4. The van der Waals surface area contributed by atoms with Crippen LogP contribution in [-0.2, 0) is 4.79 Å². The summed E-state index contributed by atoms with van der Waals surface area (Å²) in [6.07, 6.45) is 2.85. The average Bonchev–Trinajstić information content (AvgIpc) is 2.59. The van der Waals surface area contributed by atoms with E-state index in [0.717, 1.165) is 25.8 Å². The van der Waals surface area contributed by atoms with Gasteiger partial charge in [0.2, 0.25) is 5.91 Å². The lowest BCUT2D eigenvalue weighted by molar-refractivity contribution is -0.134. The number of nitrogens with one attached hydrogen (secondary N) is 1. The number of hydrogen-bond donors (Lipinski definition) is 1. The van der Waals surface area contributed by atoms with Gasteiger partial charge in [0, 0.05) is 12.5 Å². The van der Waals surface area contributed by atoms with E-state index in [0.29, 0.717) is 0 Å². The minimum absolute atomic E-state index is 0.111. The third-order valence-corrected chi connectivity index (χ3v) is 4.99. The molecule has 1 fully saturated rings. The van der Waals surface area contributed by atoms with Crippen LogP contribution in [0.25, 0.3) is 0 Å². The molecule has 1 saturated heterocycles. The number of carbonyl (C=O) groups excluding carboxylic acids is 1. The zero-order valence-electron chi connectivity index (χ0n) is 13.1. The molecule has 1 heterocycles. The molecule has 1 aliphatic rings. The van der Waals surface area contributed by atoms with Gasteiger partial charge in [0.1, 0.15) is 0 Å². The van der Waals surface area contributed by atoms with Crippen molar-refractivity contribution in [3.05, 3.63) is 71.8 Å². The predicted octanol–water partition coefficient (Wildman–Crippen LogP) is 4.12. The van der Waals surface area contributed by atoms with Gasteiger partial charge in [0.05, 0.1) is 5.41 Å². The quantitative estimate of drug-likeness (QED) is 0.902. The monoisotopic (exact) mass is 293 g/mol. The first-order valence-corrected chi connectivity index (χ1v) is 8.16. The van der Waals surface area contributed by atoms with Crippen LogP contribution in [0, 0.1) is 5.41 Å². The lowest BCUT2D eigenvalue weighted by atomic mass is 9.63. The number of carbonyl (C=O) groups is 1. The van der Waals surface area contributed by atoms with Crippen LogP contribution in [0.1, 0.15) is 43.2 Å². The predicted molar refractivity (Wildman–Crippen MR) is 89.7 cm³/mol. The summed E-state index contributed by atoms with van der Waals surface area (Å²) in [7, 11) is 0. The fourth-order valence-corrected chi connectivity index (χ4v) is 3.83. The van der Waals surface area contributed by atoms with E-state index in [-0.39, 0.29) is 17.2 Å². The summed E-state index contributed by atoms with van der Waals surface area (Å²) in [5.41, 5.74) is 2.11. The van der Waals surface area contributed by atoms with Crippen molar-refractivity contribution >= 4 is 5.91 Å². The maximum absolute atomic E-state index is 12.8. The third-order valence-electron chi connectivity index (χ3n) is 4.99. The number of hydrogen-bond acceptors (Lipinski definition) is 1. The minimum atomic E-state index is -0.346. The van der Waals surface area contributed by atoms with Gasteiger partial charge in [0.15, 0.2) is 0 Å². The molecule has 0 saturated carbocycles. The van der Waals surface area contributed by atoms with Crippen LogP contribution in [0.15, 0.2) is 60.7 Å². The van der Waals surface area contributed by atoms with E-state index in [4.69, 9.17) is 0 Å². The molecule has 2 heteroatoms. The molecule has 0 spiro atoms. The van der Waals surface area contributed by atoms with Gasteiger partial charge in [-0.2, -0.15) is 0 Å². The Balaban J connectivity index is 2.14. The van der Waals surface area contributed by atoms with Crippen LogP contribution >= 0.6 is 0 Å². The van der Waals surface area contributed by atoms with Crippen molar-refractivity contribution in [2.75, 3.05) is 6.54 Å². The van der Waals surface area contributed by atoms with Crippen LogP contribution in [0.2, 0.25) is 0 Å². The van der Waals surface area contributed by atoms with Crippen LogP contribution in [-0.4, -0.2) is 12.5 Å². The molecule has 1 unspecified atom stereocenters. The second-order valence-corrected chi connectivity index (χ2v) is 6.12. The molecular formula is C20H23NO. The Kier molecular flexibility index (Phi) is 4.28. The highest BCUT2D eigenvalue weighted by Crippen LogP contribution is 2.48. The van der Waals surface area contributed by atoms with Gasteiger partial charge in [-0.05, 0) is 30.4 Å². The molecule has 1 aliphatic heterocycles. The molecule has 1 N–H and O–H groups in total. The van der Waals surface area contributed by atoms with Crippen LogP contribution < -0.4 is 5.32 Å². The normalized spacial score (nSPS) is 21.6. The number of amides is 1. The molecule has 0 bridgehead atoms. The molecule has 0 aliphatic carbocycles.